The fourth-order valence-electron chi connectivity index (χ4n) is 5.06. The summed E-state index contributed by atoms with van der Waals surface area (Å²) >= 11 is 0. The van der Waals surface area contributed by atoms with E-state index in [0.717, 1.165) is 33.9 Å². The Morgan fingerprint density at radius 3 is 2.35 bits per heavy atom. The lowest BCUT2D eigenvalue weighted by Crippen LogP contribution is -2.49. The van der Waals surface area contributed by atoms with Gasteiger partial charge in [0.15, 0.2) is 0 Å². The summed E-state index contributed by atoms with van der Waals surface area (Å²) in [5.41, 5.74) is 5.20. The summed E-state index contributed by atoms with van der Waals surface area (Å²) in [7, 11) is 0. The number of rotatable bonds is 8. The number of aromatic nitrogens is 2. The third-order valence-corrected chi connectivity index (χ3v) is 7.51. The van der Waals surface area contributed by atoms with Crippen LogP contribution in [-0.2, 0) is 23.9 Å². The summed E-state index contributed by atoms with van der Waals surface area (Å²) in [6.45, 7) is 7.37. The molecular formula is C31H30F3N3O3. The van der Waals surface area contributed by atoms with E-state index in [1.165, 1.54) is 6.07 Å². The number of hydrogen-bond donors (Lipinski definition) is 1. The van der Waals surface area contributed by atoms with E-state index in [4.69, 9.17) is 9.63 Å². The van der Waals surface area contributed by atoms with Crippen molar-refractivity contribution in [3.63, 3.8) is 0 Å². The molecule has 0 saturated carbocycles. The van der Waals surface area contributed by atoms with Crippen LogP contribution in [0.3, 0.4) is 0 Å². The number of carboxylic acid groups (broad SMARTS) is 1. The van der Waals surface area contributed by atoms with E-state index in [0.29, 0.717) is 43.0 Å². The van der Waals surface area contributed by atoms with Crippen LogP contribution in [0, 0.1) is 26.7 Å². The quantitative estimate of drug-likeness (QED) is 0.268. The molecule has 6 nitrogen and oxygen atoms in total. The highest BCUT2D eigenvalue weighted by molar-refractivity contribution is 5.71. The van der Waals surface area contributed by atoms with Crippen LogP contribution >= 0.6 is 0 Å². The van der Waals surface area contributed by atoms with Gasteiger partial charge in [0.05, 0.1) is 17.4 Å². The number of hydrogen-bond acceptors (Lipinski definition) is 5. The third-order valence-electron chi connectivity index (χ3n) is 7.51. The minimum atomic E-state index is -4.47. The first kappa shape index (κ1) is 27.6. The molecule has 0 radical (unpaired) electrons. The Morgan fingerprint density at radius 1 is 1.00 bits per heavy atom. The monoisotopic (exact) mass is 549 g/mol. The van der Waals surface area contributed by atoms with Gasteiger partial charge in [0, 0.05) is 25.2 Å². The highest BCUT2D eigenvalue weighted by atomic mass is 19.4. The van der Waals surface area contributed by atoms with Crippen LogP contribution in [0.5, 0.6) is 0 Å². The molecule has 0 spiro atoms. The number of nitrogens with zero attached hydrogens (tertiary/aromatic N) is 3. The second-order valence-corrected chi connectivity index (χ2v) is 10.7. The molecule has 1 N–H and O–H groups in total. The average molecular weight is 550 g/mol. The number of carbonyl (C=O) groups is 1. The molecule has 0 bridgehead atoms. The van der Waals surface area contributed by atoms with Crippen molar-refractivity contribution in [2.75, 3.05) is 13.1 Å². The van der Waals surface area contributed by atoms with E-state index in [1.807, 2.05) is 56.3 Å². The summed E-state index contributed by atoms with van der Waals surface area (Å²) in [6, 6.07) is 17.7. The lowest BCUT2D eigenvalue weighted by molar-refractivity contribution is -0.147. The maximum absolute atomic E-state index is 13.7. The molecular weight excluding hydrogens is 519 g/mol. The van der Waals surface area contributed by atoms with Crippen LogP contribution in [0.15, 0.2) is 65.2 Å². The fourth-order valence-corrected chi connectivity index (χ4v) is 5.06. The van der Waals surface area contributed by atoms with Crippen molar-refractivity contribution in [2.45, 2.75) is 45.8 Å². The second kappa shape index (κ2) is 10.9. The van der Waals surface area contributed by atoms with Crippen molar-refractivity contribution >= 4 is 5.97 Å². The number of aliphatic carboxylic acids is 1. The Hall–Kier alpha value is -3.98. The Kier molecular flexibility index (Phi) is 7.51. The van der Waals surface area contributed by atoms with Crippen molar-refractivity contribution in [3.8, 4) is 11.4 Å². The minimum Gasteiger partial charge on any atom is -0.481 e. The molecule has 1 fully saturated rings. The van der Waals surface area contributed by atoms with Crippen LogP contribution in [-0.4, -0.2) is 39.2 Å². The molecule has 1 aromatic heterocycles. The lowest BCUT2D eigenvalue weighted by Gasteiger charge is -2.36. The van der Waals surface area contributed by atoms with Crippen molar-refractivity contribution in [1.82, 2.24) is 15.0 Å². The Labute approximate surface area is 230 Å². The summed E-state index contributed by atoms with van der Waals surface area (Å²) < 4.78 is 46.7. The summed E-state index contributed by atoms with van der Waals surface area (Å²) in [4.78, 5) is 17.7. The van der Waals surface area contributed by atoms with Gasteiger partial charge in [0.1, 0.15) is 0 Å². The fraction of sp³-hybridized carbons (Fsp3) is 0.323. The van der Waals surface area contributed by atoms with Crippen LogP contribution in [0.25, 0.3) is 11.4 Å². The first-order valence-corrected chi connectivity index (χ1v) is 13.1. The van der Waals surface area contributed by atoms with Crippen LogP contribution in [0.1, 0.15) is 50.8 Å². The molecule has 0 amide bonds. The molecule has 9 heteroatoms. The van der Waals surface area contributed by atoms with Gasteiger partial charge in [-0.15, -0.1) is 0 Å². The molecule has 1 aliphatic rings. The zero-order valence-corrected chi connectivity index (χ0v) is 22.5. The van der Waals surface area contributed by atoms with Gasteiger partial charge in [0.2, 0.25) is 11.7 Å². The van der Waals surface area contributed by atoms with Gasteiger partial charge in [-0.1, -0.05) is 59.3 Å². The number of halogens is 3. The molecule has 0 aliphatic carbocycles. The smallest absolute Gasteiger partial charge is 0.416 e. The zero-order chi connectivity index (χ0) is 28.6. The van der Waals surface area contributed by atoms with Gasteiger partial charge < -0.3 is 9.63 Å². The molecule has 1 unspecified atom stereocenters. The number of carboxylic acids is 1. The molecule has 3 aromatic carbocycles. The van der Waals surface area contributed by atoms with E-state index in [1.54, 1.807) is 13.0 Å². The van der Waals surface area contributed by atoms with Gasteiger partial charge in [-0.3, -0.25) is 9.69 Å². The summed E-state index contributed by atoms with van der Waals surface area (Å²) in [5, 5.41) is 13.2. The molecule has 208 valence electrons. The van der Waals surface area contributed by atoms with Crippen LogP contribution in [0.4, 0.5) is 13.2 Å². The maximum atomic E-state index is 13.7. The minimum absolute atomic E-state index is 0.247. The Bertz CT molecular complexity index is 1520. The number of alkyl halides is 3. The highest BCUT2D eigenvalue weighted by Crippen LogP contribution is 2.36. The van der Waals surface area contributed by atoms with Crippen molar-refractivity contribution in [3.05, 3.63) is 105 Å². The first-order chi connectivity index (χ1) is 19.0. The predicted octanol–water partition coefficient (Wildman–Crippen LogP) is 6.57. The number of aryl methyl sites for hydroxylation is 3. The van der Waals surface area contributed by atoms with Gasteiger partial charge in [0.25, 0.3) is 0 Å². The second-order valence-electron chi connectivity index (χ2n) is 10.7. The molecule has 4 aromatic rings. The van der Waals surface area contributed by atoms with Crippen molar-refractivity contribution < 1.29 is 27.6 Å². The van der Waals surface area contributed by atoms with Crippen LogP contribution < -0.4 is 0 Å². The summed E-state index contributed by atoms with van der Waals surface area (Å²) in [6.07, 6.45) is -4.08. The largest absolute Gasteiger partial charge is 0.481 e. The van der Waals surface area contributed by atoms with Crippen molar-refractivity contribution in [1.29, 1.82) is 0 Å². The molecule has 1 atom stereocenters. The van der Waals surface area contributed by atoms with Crippen LogP contribution in [0.2, 0.25) is 0 Å². The number of likely N-dealkylation sites (tertiary alicyclic amines) is 1. The van der Waals surface area contributed by atoms with E-state index < -0.39 is 23.6 Å². The Morgan fingerprint density at radius 2 is 1.70 bits per heavy atom. The van der Waals surface area contributed by atoms with E-state index in [9.17, 15) is 18.0 Å². The van der Waals surface area contributed by atoms with E-state index in [-0.39, 0.29) is 11.8 Å². The lowest BCUT2D eigenvalue weighted by atomic mass is 9.88. The third kappa shape index (κ3) is 6.09. The van der Waals surface area contributed by atoms with Gasteiger partial charge in [-0.2, -0.15) is 18.2 Å². The normalized spacial score (nSPS) is 15.2. The Balaban J connectivity index is 1.42. The average Bonchev–Trinajstić information content (AvgIpc) is 3.36. The van der Waals surface area contributed by atoms with Gasteiger partial charge in [-0.05, 0) is 67.1 Å². The molecule has 1 saturated heterocycles. The van der Waals surface area contributed by atoms with E-state index in [2.05, 4.69) is 15.0 Å². The molecule has 1 aliphatic heterocycles. The SMILES string of the molecule is Cc1cc(C(Cc2ccc(C)c(C)c2)c2nc(-c3ccc(CN4CC(C(=O)O)C4)cc3)no2)cc(C(F)(F)F)c1. The first-order valence-electron chi connectivity index (χ1n) is 13.1. The molecule has 2 heterocycles. The topological polar surface area (TPSA) is 79.5 Å². The van der Waals surface area contributed by atoms with Gasteiger partial charge >= 0.3 is 12.1 Å². The molecule has 5 rings (SSSR count). The highest BCUT2D eigenvalue weighted by Gasteiger charge is 2.33. The predicted molar refractivity (Wildman–Crippen MR) is 144 cm³/mol. The van der Waals surface area contributed by atoms with E-state index >= 15 is 0 Å². The molecule has 40 heavy (non-hydrogen) atoms. The summed E-state index contributed by atoms with van der Waals surface area (Å²) in [5.74, 6) is -1.05. The zero-order valence-electron chi connectivity index (χ0n) is 22.5. The standard InChI is InChI=1S/C31H30F3N3O3/c1-18-10-24(14-26(11-18)31(32,33)34)27(13-22-5-4-19(2)20(3)12-22)29-35-28(36-40-29)23-8-6-21(7-9-23)15-37-16-25(17-37)30(38)39/h4-12,14,25,27H,13,15-17H2,1-3H3,(H,38,39). The maximum Gasteiger partial charge on any atom is 0.416 e. The number of benzene rings is 3. The van der Waals surface area contributed by atoms with Gasteiger partial charge in [-0.25, -0.2) is 0 Å². The van der Waals surface area contributed by atoms with Crippen molar-refractivity contribution in [2.24, 2.45) is 5.92 Å².